The molecule has 1 unspecified atom stereocenters. The van der Waals surface area contributed by atoms with Crippen molar-refractivity contribution in [2.75, 3.05) is 18.1 Å². The third-order valence-corrected chi connectivity index (χ3v) is 6.34. The molecule has 1 saturated heterocycles. The Morgan fingerprint density at radius 2 is 2.04 bits per heavy atom. The van der Waals surface area contributed by atoms with E-state index in [1.807, 2.05) is 26.0 Å². The van der Waals surface area contributed by atoms with E-state index in [4.69, 9.17) is 11.6 Å². The Bertz CT molecular complexity index is 904. The van der Waals surface area contributed by atoms with E-state index in [9.17, 15) is 13.2 Å². The quantitative estimate of drug-likeness (QED) is 0.843. The smallest absolute Gasteiger partial charge is 0.271 e. The summed E-state index contributed by atoms with van der Waals surface area (Å²) < 4.78 is 25.5. The number of sulfone groups is 1. The van der Waals surface area contributed by atoms with Gasteiger partial charge in [0, 0.05) is 11.6 Å². The van der Waals surface area contributed by atoms with E-state index in [2.05, 4.69) is 10.4 Å². The van der Waals surface area contributed by atoms with Gasteiger partial charge in [0.05, 0.1) is 23.2 Å². The summed E-state index contributed by atoms with van der Waals surface area (Å²) >= 11 is 5.96. The van der Waals surface area contributed by atoms with Crippen LogP contribution in [0.1, 0.15) is 36.8 Å². The summed E-state index contributed by atoms with van der Waals surface area (Å²) in [6.07, 6.45) is 0.498. The first-order valence-corrected chi connectivity index (χ1v) is 10.8. The summed E-state index contributed by atoms with van der Waals surface area (Å²) in [6.45, 7) is 4.59. The van der Waals surface area contributed by atoms with Gasteiger partial charge >= 0.3 is 0 Å². The largest absolute Gasteiger partial charge is 0.350 e. The minimum Gasteiger partial charge on any atom is -0.350 e. The van der Waals surface area contributed by atoms with E-state index in [0.29, 0.717) is 29.6 Å². The average molecular weight is 396 g/mol. The van der Waals surface area contributed by atoms with Crippen LogP contribution < -0.4 is 5.32 Å². The number of hydrogen-bond donors (Lipinski definition) is 1. The number of halogens is 1. The summed E-state index contributed by atoms with van der Waals surface area (Å²) in [7, 11) is -3.06. The fourth-order valence-electron chi connectivity index (χ4n) is 2.98. The molecule has 1 aromatic carbocycles. The zero-order valence-corrected chi connectivity index (χ0v) is 16.3. The van der Waals surface area contributed by atoms with Crippen LogP contribution in [0.4, 0.5) is 0 Å². The Hall–Kier alpha value is -1.86. The monoisotopic (exact) mass is 395 g/mol. The van der Waals surface area contributed by atoms with Crippen molar-refractivity contribution in [2.45, 2.75) is 26.3 Å². The van der Waals surface area contributed by atoms with E-state index in [0.717, 1.165) is 11.3 Å². The highest BCUT2D eigenvalue weighted by molar-refractivity contribution is 7.91. The lowest BCUT2D eigenvalue weighted by Crippen LogP contribution is -2.28. The Labute approximate surface area is 158 Å². The van der Waals surface area contributed by atoms with Crippen molar-refractivity contribution in [2.24, 2.45) is 5.92 Å². The molecule has 0 saturated carbocycles. The molecule has 140 valence electrons. The third-order valence-electron chi connectivity index (χ3n) is 4.33. The van der Waals surface area contributed by atoms with E-state index >= 15 is 0 Å². The second kappa shape index (κ2) is 7.40. The predicted molar refractivity (Wildman–Crippen MR) is 102 cm³/mol. The lowest BCUT2D eigenvalue weighted by Gasteiger charge is -2.13. The summed E-state index contributed by atoms with van der Waals surface area (Å²) in [5.41, 5.74) is 1.85. The van der Waals surface area contributed by atoms with Crippen molar-refractivity contribution >= 4 is 27.3 Å². The van der Waals surface area contributed by atoms with Gasteiger partial charge in [-0.2, -0.15) is 5.10 Å². The van der Waals surface area contributed by atoms with Crippen molar-refractivity contribution < 1.29 is 13.2 Å². The first-order chi connectivity index (χ1) is 12.2. The van der Waals surface area contributed by atoms with Gasteiger partial charge in [-0.3, -0.25) is 9.48 Å². The SMILES string of the molecule is CC(C)CNC(=O)c1cc(-c2ccc(Cl)cc2)n(C2CCS(=O)(=O)C2)n1. The van der Waals surface area contributed by atoms with E-state index < -0.39 is 9.84 Å². The molecular formula is C18H22ClN3O3S. The van der Waals surface area contributed by atoms with Crippen LogP contribution in [0.15, 0.2) is 30.3 Å². The van der Waals surface area contributed by atoms with Crippen LogP contribution in [0.25, 0.3) is 11.3 Å². The molecule has 1 aliphatic heterocycles. The van der Waals surface area contributed by atoms with Crippen molar-refractivity contribution in [3.63, 3.8) is 0 Å². The molecule has 1 aliphatic rings. The van der Waals surface area contributed by atoms with Gasteiger partial charge < -0.3 is 5.32 Å². The Morgan fingerprint density at radius 3 is 2.62 bits per heavy atom. The molecule has 2 heterocycles. The molecule has 6 nitrogen and oxygen atoms in total. The number of nitrogens with one attached hydrogen (secondary N) is 1. The van der Waals surface area contributed by atoms with E-state index in [1.165, 1.54) is 0 Å². The molecule has 0 aliphatic carbocycles. The summed E-state index contributed by atoms with van der Waals surface area (Å²) in [5, 5.41) is 7.90. The van der Waals surface area contributed by atoms with Gasteiger partial charge in [-0.1, -0.05) is 37.6 Å². The first kappa shape index (κ1) is 18.9. The number of carbonyl (C=O) groups excluding carboxylic acids is 1. The number of nitrogens with zero attached hydrogens (tertiary/aromatic N) is 2. The van der Waals surface area contributed by atoms with Crippen LogP contribution in [-0.4, -0.2) is 42.2 Å². The molecule has 0 spiro atoms. The van der Waals surface area contributed by atoms with Crippen LogP contribution in [0.2, 0.25) is 5.02 Å². The molecule has 3 rings (SSSR count). The van der Waals surface area contributed by atoms with Crippen molar-refractivity contribution in [3.8, 4) is 11.3 Å². The zero-order valence-electron chi connectivity index (χ0n) is 14.8. The predicted octanol–water partition coefficient (Wildman–Crippen LogP) is 2.95. The number of carbonyl (C=O) groups is 1. The molecule has 1 N–H and O–H groups in total. The maximum absolute atomic E-state index is 12.4. The summed E-state index contributed by atoms with van der Waals surface area (Å²) in [6, 6.07) is 8.65. The van der Waals surface area contributed by atoms with Crippen LogP contribution in [0.5, 0.6) is 0 Å². The van der Waals surface area contributed by atoms with Crippen molar-refractivity contribution in [3.05, 3.63) is 41.0 Å². The highest BCUT2D eigenvalue weighted by Crippen LogP contribution is 2.30. The van der Waals surface area contributed by atoms with Crippen LogP contribution in [0.3, 0.4) is 0 Å². The Morgan fingerprint density at radius 1 is 1.35 bits per heavy atom. The number of amides is 1. The van der Waals surface area contributed by atoms with Gasteiger partial charge in [-0.15, -0.1) is 0 Å². The van der Waals surface area contributed by atoms with Gasteiger partial charge in [-0.05, 0) is 36.1 Å². The second-order valence-corrected chi connectivity index (χ2v) is 9.69. The maximum Gasteiger partial charge on any atom is 0.271 e. The van der Waals surface area contributed by atoms with Crippen LogP contribution >= 0.6 is 11.6 Å². The standard InChI is InChI=1S/C18H22ClN3O3S/c1-12(2)10-20-18(23)16-9-17(13-3-5-14(19)6-4-13)22(21-16)15-7-8-26(24,25)11-15/h3-6,9,12,15H,7-8,10-11H2,1-2H3,(H,20,23). The average Bonchev–Trinajstić information content (AvgIpc) is 3.16. The lowest BCUT2D eigenvalue weighted by molar-refractivity contribution is 0.0943. The molecule has 1 aromatic heterocycles. The first-order valence-electron chi connectivity index (χ1n) is 8.59. The molecule has 1 amide bonds. The Kier molecular flexibility index (Phi) is 5.39. The lowest BCUT2D eigenvalue weighted by atomic mass is 10.1. The fourth-order valence-corrected chi connectivity index (χ4v) is 4.79. The summed E-state index contributed by atoms with van der Waals surface area (Å²) in [4.78, 5) is 12.4. The van der Waals surface area contributed by atoms with Gasteiger partial charge in [0.1, 0.15) is 0 Å². The number of aromatic nitrogens is 2. The molecule has 0 radical (unpaired) electrons. The molecule has 1 fully saturated rings. The van der Waals surface area contributed by atoms with Crippen molar-refractivity contribution in [1.82, 2.24) is 15.1 Å². The van der Waals surface area contributed by atoms with Gasteiger partial charge in [-0.25, -0.2) is 8.42 Å². The summed E-state index contributed by atoms with van der Waals surface area (Å²) in [5.74, 6) is 0.264. The number of benzene rings is 1. The Balaban J connectivity index is 1.97. The molecule has 1 atom stereocenters. The molecule has 26 heavy (non-hydrogen) atoms. The van der Waals surface area contributed by atoms with Gasteiger partial charge in [0.15, 0.2) is 15.5 Å². The van der Waals surface area contributed by atoms with Crippen LogP contribution in [-0.2, 0) is 9.84 Å². The highest BCUT2D eigenvalue weighted by atomic mass is 35.5. The third kappa shape index (κ3) is 4.27. The van der Waals surface area contributed by atoms with Crippen molar-refractivity contribution in [1.29, 1.82) is 0 Å². The minimum atomic E-state index is -3.06. The van der Waals surface area contributed by atoms with E-state index in [1.54, 1.807) is 22.9 Å². The normalized spacial score (nSPS) is 19.0. The number of hydrogen-bond acceptors (Lipinski definition) is 4. The molecule has 8 heteroatoms. The van der Waals surface area contributed by atoms with Crippen LogP contribution in [0, 0.1) is 5.92 Å². The van der Waals surface area contributed by atoms with Gasteiger partial charge in [0.2, 0.25) is 0 Å². The maximum atomic E-state index is 12.4. The second-order valence-electron chi connectivity index (χ2n) is 7.03. The fraction of sp³-hybridized carbons (Fsp3) is 0.444. The topological polar surface area (TPSA) is 81.1 Å². The highest BCUT2D eigenvalue weighted by Gasteiger charge is 2.32. The van der Waals surface area contributed by atoms with E-state index in [-0.39, 0.29) is 23.5 Å². The molecular weight excluding hydrogens is 374 g/mol. The van der Waals surface area contributed by atoms with Gasteiger partial charge in [0.25, 0.3) is 5.91 Å². The molecule has 0 bridgehead atoms. The minimum absolute atomic E-state index is 0.0440. The zero-order chi connectivity index (χ0) is 18.9. The number of rotatable bonds is 5. The molecule has 2 aromatic rings.